The first-order valence-corrected chi connectivity index (χ1v) is 10.5. The Kier molecular flexibility index (Phi) is 4.55. The number of hydrogen-bond acceptors (Lipinski definition) is 5. The van der Waals surface area contributed by atoms with Crippen molar-refractivity contribution in [3.63, 3.8) is 0 Å². The molecule has 0 saturated heterocycles. The van der Waals surface area contributed by atoms with Gasteiger partial charge in [-0.15, -0.1) is 11.3 Å². The van der Waals surface area contributed by atoms with Crippen LogP contribution in [-0.4, -0.2) is 20.5 Å². The predicted molar refractivity (Wildman–Crippen MR) is 109 cm³/mol. The van der Waals surface area contributed by atoms with Gasteiger partial charge in [0.25, 0.3) is 10.0 Å². The summed E-state index contributed by atoms with van der Waals surface area (Å²) >= 11 is 1.57. The van der Waals surface area contributed by atoms with Gasteiger partial charge in [-0.3, -0.25) is 4.72 Å². The Bertz CT molecular complexity index is 1180. The second kappa shape index (κ2) is 7.02. The lowest BCUT2D eigenvalue weighted by Crippen LogP contribution is -2.14. The highest BCUT2D eigenvalue weighted by Gasteiger charge is 2.19. The SMILES string of the molecule is COc1ccccc1S(=O)(=O)Nc1cccc(-c2nc3ccccc3s2)c1. The number of para-hydroxylation sites is 2. The van der Waals surface area contributed by atoms with Gasteiger partial charge in [0.05, 0.1) is 17.3 Å². The number of benzene rings is 3. The van der Waals surface area contributed by atoms with Crippen LogP contribution >= 0.6 is 11.3 Å². The summed E-state index contributed by atoms with van der Waals surface area (Å²) in [5.74, 6) is 0.298. The third-order valence-corrected chi connectivity index (χ3v) is 6.52. The molecule has 1 N–H and O–H groups in total. The first-order chi connectivity index (χ1) is 13.1. The number of fused-ring (bicyclic) bond motifs is 1. The van der Waals surface area contributed by atoms with E-state index in [-0.39, 0.29) is 4.90 Å². The first kappa shape index (κ1) is 17.5. The average Bonchev–Trinajstić information content (AvgIpc) is 3.12. The molecule has 3 aromatic carbocycles. The fourth-order valence-electron chi connectivity index (χ4n) is 2.76. The van der Waals surface area contributed by atoms with E-state index in [1.54, 1.807) is 41.7 Å². The van der Waals surface area contributed by atoms with Gasteiger partial charge < -0.3 is 4.74 Å². The minimum Gasteiger partial charge on any atom is -0.495 e. The van der Waals surface area contributed by atoms with E-state index in [1.165, 1.54) is 13.2 Å². The molecule has 0 fully saturated rings. The third-order valence-electron chi connectivity index (χ3n) is 4.01. The molecular weight excluding hydrogens is 380 g/mol. The van der Waals surface area contributed by atoms with Crippen LogP contribution in [0.15, 0.2) is 77.7 Å². The van der Waals surface area contributed by atoms with Gasteiger partial charge in [-0.2, -0.15) is 0 Å². The lowest BCUT2D eigenvalue weighted by molar-refractivity contribution is 0.403. The zero-order valence-electron chi connectivity index (χ0n) is 14.4. The van der Waals surface area contributed by atoms with Gasteiger partial charge in [-0.25, -0.2) is 13.4 Å². The minimum absolute atomic E-state index is 0.0953. The van der Waals surface area contributed by atoms with Crippen molar-refractivity contribution in [3.8, 4) is 16.3 Å². The van der Waals surface area contributed by atoms with E-state index in [4.69, 9.17) is 4.74 Å². The van der Waals surface area contributed by atoms with Crippen LogP contribution in [0.4, 0.5) is 5.69 Å². The quantitative estimate of drug-likeness (QED) is 0.527. The Hall–Kier alpha value is -2.90. The van der Waals surface area contributed by atoms with Gasteiger partial charge in [0.1, 0.15) is 15.7 Å². The summed E-state index contributed by atoms with van der Waals surface area (Å²) in [6.07, 6.45) is 0. The molecule has 5 nitrogen and oxygen atoms in total. The van der Waals surface area contributed by atoms with Crippen LogP contribution in [-0.2, 0) is 10.0 Å². The summed E-state index contributed by atoms with van der Waals surface area (Å²) in [7, 11) is -2.33. The number of hydrogen-bond donors (Lipinski definition) is 1. The van der Waals surface area contributed by atoms with Crippen molar-refractivity contribution >= 4 is 37.3 Å². The van der Waals surface area contributed by atoms with Crippen LogP contribution in [0.2, 0.25) is 0 Å². The van der Waals surface area contributed by atoms with Gasteiger partial charge in [0.15, 0.2) is 0 Å². The number of anilines is 1. The highest BCUT2D eigenvalue weighted by atomic mass is 32.2. The van der Waals surface area contributed by atoms with Gasteiger partial charge in [-0.1, -0.05) is 36.4 Å². The van der Waals surface area contributed by atoms with E-state index in [1.807, 2.05) is 36.4 Å². The summed E-state index contributed by atoms with van der Waals surface area (Å²) in [4.78, 5) is 4.72. The standard InChI is InChI=1S/C20H16N2O3S2/c1-25-17-10-3-5-12-19(17)27(23,24)22-15-8-6-7-14(13-15)20-21-16-9-2-4-11-18(16)26-20/h2-13,22H,1H3. The molecule has 0 radical (unpaired) electrons. The van der Waals surface area contributed by atoms with E-state index in [0.29, 0.717) is 11.4 Å². The second-order valence-electron chi connectivity index (χ2n) is 5.82. The van der Waals surface area contributed by atoms with Crippen LogP contribution in [0.25, 0.3) is 20.8 Å². The van der Waals surface area contributed by atoms with Crippen molar-refractivity contribution in [1.29, 1.82) is 0 Å². The summed E-state index contributed by atoms with van der Waals surface area (Å²) in [6, 6.07) is 21.6. The molecular formula is C20H16N2O3S2. The molecule has 7 heteroatoms. The van der Waals surface area contributed by atoms with Crippen LogP contribution in [0.5, 0.6) is 5.75 Å². The van der Waals surface area contributed by atoms with Crippen molar-refractivity contribution in [2.24, 2.45) is 0 Å². The fourth-order valence-corrected chi connectivity index (χ4v) is 4.95. The molecule has 0 unspecified atom stereocenters. The minimum atomic E-state index is -3.77. The van der Waals surface area contributed by atoms with Gasteiger partial charge in [0.2, 0.25) is 0 Å². The molecule has 4 aromatic rings. The highest BCUT2D eigenvalue weighted by molar-refractivity contribution is 7.92. The smallest absolute Gasteiger partial charge is 0.265 e. The Morgan fingerprint density at radius 3 is 2.56 bits per heavy atom. The lowest BCUT2D eigenvalue weighted by atomic mass is 10.2. The third kappa shape index (κ3) is 3.51. The van der Waals surface area contributed by atoms with Crippen molar-refractivity contribution in [1.82, 2.24) is 4.98 Å². The molecule has 0 aliphatic rings. The predicted octanol–water partition coefficient (Wildman–Crippen LogP) is 4.77. The van der Waals surface area contributed by atoms with E-state index < -0.39 is 10.0 Å². The molecule has 0 saturated carbocycles. The molecule has 0 amide bonds. The molecule has 1 heterocycles. The van der Waals surface area contributed by atoms with Gasteiger partial charge in [-0.05, 0) is 36.4 Å². The van der Waals surface area contributed by atoms with Crippen LogP contribution in [0.1, 0.15) is 0 Å². The van der Waals surface area contributed by atoms with Crippen molar-refractivity contribution in [2.45, 2.75) is 4.90 Å². The first-order valence-electron chi connectivity index (χ1n) is 8.19. The number of nitrogens with zero attached hydrogens (tertiary/aromatic N) is 1. The van der Waals surface area contributed by atoms with Crippen molar-refractivity contribution in [3.05, 3.63) is 72.8 Å². The number of sulfonamides is 1. The van der Waals surface area contributed by atoms with Crippen molar-refractivity contribution < 1.29 is 13.2 Å². The highest BCUT2D eigenvalue weighted by Crippen LogP contribution is 2.32. The molecule has 0 aliphatic carbocycles. The maximum atomic E-state index is 12.8. The zero-order chi connectivity index (χ0) is 18.9. The van der Waals surface area contributed by atoms with Crippen LogP contribution < -0.4 is 9.46 Å². The molecule has 0 aliphatic heterocycles. The monoisotopic (exact) mass is 396 g/mol. The largest absolute Gasteiger partial charge is 0.495 e. The average molecular weight is 396 g/mol. The molecule has 1 aromatic heterocycles. The van der Waals surface area contributed by atoms with Gasteiger partial charge >= 0.3 is 0 Å². The summed E-state index contributed by atoms with van der Waals surface area (Å²) in [5, 5.41) is 0.842. The van der Waals surface area contributed by atoms with E-state index in [2.05, 4.69) is 9.71 Å². The van der Waals surface area contributed by atoms with Crippen LogP contribution in [0, 0.1) is 0 Å². The molecule has 0 atom stereocenters. The number of nitrogens with one attached hydrogen (secondary N) is 1. The molecule has 0 bridgehead atoms. The van der Waals surface area contributed by atoms with E-state index in [0.717, 1.165) is 20.8 Å². The van der Waals surface area contributed by atoms with E-state index >= 15 is 0 Å². The van der Waals surface area contributed by atoms with Crippen LogP contribution in [0.3, 0.4) is 0 Å². The Morgan fingerprint density at radius 1 is 0.963 bits per heavy atom. The van der Waals surface area contributed by atoms with E-state index in [9.17, 15) is 8.42 Å². The maximum absolute atomic E-state index is 12.8. The number of rotatable bonds is 5. The number of ether oxygens (including phenoxy) is 1. The number of methoxy groups -OCH3 is 1. The van der Waals surface area contributed by atoms with Gasteiger partial charge in [0, 0.05) is 11.3 Å². The topological polar surface area (TPSA) is 68.3 Å². The summed E-state index contributed by atoms with van der Waals surface area (Å²) < 4.78 is 34.4. The normalized spacial score (nSPS) is 11.4. The zero-order valence-corrected chi connectivity index (χ0v) is 16.0. The molecule has 136 valence electrons. The fraction of sp³-hybridized carbons (Fsp3) is 0.0500. The molecule has 4 rings (SSSR count). The summed E-state index contributed by atoms with van der Waals surface area (Å²) in [5.41, 5.74) is 2.26. The Labute approximate surface area is 161 Å². The molecule has 27 heavy (non-hydrogen) atoms. The number of thiazole rings is 1. The second-order valence-corrected chi connectivity index (χ2v) is 8.51. The number of aromatic nitrogens is 1. The lowest BCUT2D eigenvalue weighted by Gasteiger charge is -2.11. The Balaban J connectivity index is 1.68. The molecule has 0 spiro atoms. The summed E-state index contributed by atoms with van der Waals surface area (Å²) in [6.45, 7) is 0. The maximum Gasteiger partial charge on any atom is 0.265 e. The Morgan fingerprint density at radius 2 is 1.74 bits per heavy atom. The van der Waals surface area contributed by atoms with Crippen molar-refractivity contribution in [2.75, 3.05) is 11.8 Å².